The molecular formula is C23H27ClN4O. The highest BCUT2D eigenvalue weighted by Gasteiger charge is 2.41. The third-order valence-corrected chi connectivity index (χ3v) is 6.00. The van der Waals surface area contributed by atoms with Crippen LogP contribution in [0.3, 0.4) is 0 Å². The third kappa shape index (κ3) is 4.10. The van der Waals surface area contributed by atoms with Crippen molar-refractivity contribution in [1.82, 2.24) is 4.90 Å². The Labute approximate surface area is 177 Å². The molecule has 0 bridgehead atoms. The minimum absolute atomic E-state index is 0.00929. The molecule has 1 spiro atoms. The third-order valence-electron chi connectivity index (χ3n) is 5.77. The van der Waals surface area contributed by atoms with Gasteiger partial charge in [-0.1, -0.05) is 43.0 Å². The molecule has 0 unspecified atom stereocenters. The zero-order valence-corrected chi connectivity index (χ0v) is 17.7. The lowest BCUT2D eigenvalue weighted by atomic mass is 9.79. The average Bonchev–Trinajstić information content (AvgIpc) is 2.72. The van der Waals surface area contributed by atoms with E-state index < -0.39 is 0 Å². The maximum Gasteiger partial charge on any atom is 0.253 e. The normalized spacial score (nSPS) is 18.7. The summed E-state index contributed by atoms with van der Waals surface area (Å²) in [5, 5.41) is 8.05. The van der Waals surface area contributed by atoms with Gasteiger partial charge in [0.05, 0.1) is 23.5 Å². The summed E-state index contributed by atoms with van der Waals surface area (Å²) >= 11 is 6.14. The van der Waals surface area contributed by atoms with Crippen molar-refractivity contribution in [2.75, 3.05) is 24.7 Å². The number of carbonyl (C=O) groups excluding carboxylic acids is 1. The number of halogens is 1. The number of nitrogens with zero attached hydrogens (tertiary/aromatic N) is 2. The molecule has 2 aromatic rings. The van der Waals surface area contributed by atoms with E-state index in [4.69, 9.17) is 16.6 Å². The molecule has 1 aliphatic heterocycles. The first-order valence-electron chi connectivity index (χ1n) is 10.2. The highest BCUT2D eigenvalue weighted by molar-refractivity contribution is 6.30. The van der Waals surface area contributed by atoms with Gasteiger partial charge in [-0.05, 0) is 48.7 Å². The van der Waals surface area contributed by atoms with E-state index in [1.54, 1.807) is 19.0 Å². The molecule has 5 nitrogen and oxygen atoms in total. The Balaban J connectivity index is 1.68. The van der Waals surface area contributed by atoms with Crippen LogP contribution < -0.4 is 10.6 Å². The van der Waals surface area contributed by atoms with Crippen LogP contribution in [0.15, 0.2) is 47.5 Å². The summed E-state index contributed by atoms with van der Waals surface area (Å²) in [7, 11) is 3.53. The Kier molecular flexibility index (Phi) is 5.50. The fourth-order valence-corrected chi connectivity index (χ4v) is 4.44. The van der Waals surface area contributed by atoms with Gasteiger partial charge >= 0.3 is 0 Å². The van der Waals surface area contributed by atoms with E-state index >= 15 is 0 Å². The van der Waals surface area contributed by atoms with Crippen LogP contribution in [-0.2, 0) is 6.54 Å². The van der Waals surface area contributed by atoms with Gasteiger partial charge in [-0.2, -0.15) is 0 Å². The largest absolute Gasteiger partial charge is 0.371 e. The number of amides is 1. The SMILES string of the molecule is CN(C)C(=O)c1ccc2c(c1)NC(=NCc1cccc(Cl)c1)C1(CCCCC1)N2. The van der Waals surface area contributed by atoms with Crippen molar-refractivity contribution in [3.63, 3.8) is 0 Å². The first kappa shape index (κ1) is 19.8. The number of nitrogens with one attached hydrogen (secondary N) is 2. The molecule has 6 heteroatoms. The molecule has 29 heavy (non-hydrogen) atoms. The van der Waals surface area contributed by atoms with Crippen molar-refractivity contribution in [2.24, 2.45) is 4.99 Å². The van der Waals surface area contributed by atoms with Gasteiger partial charge in [0, 0.05) is 24.7 Å². The van der Waals surface area contributed by atoms with E-state index in [1.807, 2.05) is 42.5 Å². The van der Waals surface area contributed by atoms with Crippen molar-refractivity contribution in [1.29, 1.82) is 0 Å². The first-order chi connectivity index (χ1) is 14.0. The molecule has 4 rings (SSSR count). The molecule has 0 saturated heterocycles. The van der Waals surface area contributed by atoms with Gasteiger partial charge in [-0.3, -0.25) is 9.79 Å². The molecule has 1 amide bonds. The number of benzene rings is 2. The highest BCUT2D eigenvalue weighted by Crippen LogP contribution is 2.40. The Morgan fingerprint density at radius 1 is 1.10 bits per heavy atom. The monoisotopic (exact) mass is 410 g/mol. The number of anilines is 2. The van der Waals surface area contributed by atoms with Crippen LogP contribution in [0.1, 0.15) is 48.0 Å². The van der Waals surface area contributed by atoms with Gasteiger partial charge in [0.2, 0.25) is 0 Å². The summed E-state index contributed by atoms with van der Waals surface area (Å²) in [5.41, 5.74) is 3.51. The topological polar surface area (TPSA) is 56.7 Å². The lowest BCUT2D eigenvalue weighted by molar-refractivity contribution is 0.0827. The lowest BCUT2D eigenvalue weighted by Crippen LogP contribution is -2.53. The van der Waals surface area contributed by atoms with Crippen molar-refractivity contribution < 1.29 is 4.79 Å². The molecule has 1 aliphatic carbocycles. The highest BCUT2D eigenvalue weighted by atomic mass is 35.5. The molecule has 1 heterocycles. The molecular weight excluding hydrogens is 384 g/mol. The summed E-state index contributed by atoms with van der Waals surface area (Å²) in [5.74, 6) is 0.948. The number of hydrogen-bond donors (Lipinski definition) is 2. The molecule has 0 radical (unpaired) electrons. The van der Waals surface area contributed by atoms with Crippen molar-refractivity contribution in [2.45, 2.75) is 44.2 Å². The van der Waals surface area contributed by atoms with Gasteiger partial charge in [-0.25, -0.2) is 0 Å². The van der Waals surface area contributed by atoms with Crippen LogP contribution in [0.25, 0.3) is 0 Å². The quantitative estimate of drug-likeness (QED) is 0.732. The van der Waals surface area contributed by atoms with Gasteiger partial charge in [0.15, 0.2) is 0 Å². The van der Waals surface area contributed by atoms with Crippen molar-refractivity contribution in [3.8, 4) is 0 Å². The van der Waals surface area contributed by atoms with Crippen LogP contribution >= 0.6 is 11.6 Å². The molecule has 2 aliphatic rings. The zero-order chi connectivity index (χ0) is 20.4. The number of fused-ring (bicyclic) bond motifs is 1. The van der Waals surface area contributed by atoms with E-state index in [9.17, 15) is 4.79 Å². The Hall–Kier alpha value is -2.53. The van der Waals surface area contributed by atoms with Gasteiger partial charge in [0.25, 0.3) is 5.91 Å². The van der Waals surface area contributed by atoms with Gasteiger partial charge in [-0.15, -0.1) is 0 Å². The molecule has 0 aromatic heterocycles. The summed E-state index contributed by atoms with van der Waals surface area (Å²) in [4.78, 5) is 18.9. The van der Waals surface area contributed by atoms with Crippen LogP contribution in [0, 0.1) is 0 Å². The Morgan fingerprint density at radius 3 is 2.62 bits per heavy atom. The number of aliphatic imine (C=N–C) groups is 1. The van der Waals surface area contributed by atoms with Gasteiger partial charge < -0.3 is 15.5 Å². The zero-order valence-electron chi connectivity index (χ0n) is 17.0. The van der Waals surface area contributed by atoms with Crippen LogP contribution in [0.2, 0.25) is 5.02 Å². The maximum absolute atomic E-state index is 12.4. The fourth-order valence-electron chi connectivity index (χ4n) is 4.23. The average molecular weight is 411 g/mol. The summed E-state index contributed by atoms with van der Waals surface area (Å²) < 4.78 is 0. The standard InChI is InChI=1S/C23H27ClN4O/c1-28(2)21(29)17-9-10-19-20(14-17)26-22(23(27-19)11-4-3-5-12-23)25-15-16-7-6-8-18(24)13-16/h6-10,13-14,27H,3-5,11-12,15H2,1-2H3,(H,25,26). The van der Waals surface area contributed by atoms with E-state index in [-0.39, 0.29) is 11.4 Å². The van der Waals surface area contributed by atoms with Crippen LogP contribution in [-0.4, -0.2) is 36.3 Å². The number of carbonyl (C=O) groups is 1. The lowest BCUT2D eigenvalue weighted by Gasteiger charge is -2.44. The molecule has 2 N–H and O–H groups in total. The van der Waals surface area contributed by atoms with Crippen LogP contribution in [0.4, 0.5) is 11.4 Å². The predicted octanol–water partition coefficient (Wildman–Crippen LogP) is 5.18. The fraction of sp³-hybridized carbons (Fsp3) is 0.391. The molecule has 1 fully saturated rings. The summed E-state index contributed by atoms with van der Waals surface area (Å²) in [6.07, 6.45) is 5.71. The van der Waals surface area contributed by atoms with Crippen molar-refractivity contribution in [3.05, 3.63) is 58.6 Å². The van der Waals surface area contributed by atoms with E-state index in [2.05, 4.69) is 10.6 Å². The van der Waals surface area contributed by atoms with Crippen LogP contribution in [0.5, 0.6) is 0 Å². The van der Waals surface area contributed by atoms with Gasteiger partial charge in [0.1, 0.15) is 5.84 Å². The Morgan fingerprint density at radius 2 is 1.90 bits per heavy atom. The number of hydrogen-bond acceptors (Lipinski definition) is 3. The van der Waals surface area contributed by atoms with E-state index in [0.717, 1.165) is 40.6 Å². The molecule has 1 saturated carbocycles. The Bertz CT molecular complexity index is 948. The van der Waals surface area contributed by atoms with Crippen molar-refractivity contribution >= 4 is 34.7 Å². The summed E-state index contributed by atoms with van der Waals surface area (Å²) in [6.45, 7) is 0.567. The smallest absolute Gasteiger partial charge is 0.253 e. The minimum atomic E-state index is -0.170. The number of rotatable bonds is 3. The van der Waals surface area contributed by atoms with E-state index in [1.165, 1.54) is 19.3 Å². The second kappa shape index (κ2) is 8.07. The second-order valence-electron chi connectivity index (χ2n) is 8.15. The first-order valence-corrected chi connectivity index (χ1v) is 10.5. The number of amidine groups is 1. The van der Waals surface area contributed by atoms with E-state index in [0.29, 0.717) is 12.1 Å². The molecule has 0 atom stereocenters. The minimum Gasteiger partial charge on any atom is -0.371 e. The second-order valence-corrected chi connectivity index (χ2v) is 8.58. The maximum atomic E-state index is 12.4. The predicted molar refractivity (Wildman–Crippen MR) is 120 cm³/mol. The summed E-state index contributed by atoms with van der Waals surface area (Å²) in [6, 6.07) is 13.6. The molecule has 152 valence electrons. The molecule has 2 aromatic carbocycles.